The lowest BCUT2D eigenvalue weighted by Gasteiger charge is -2.32. The van der Waals surface area contributed by atoms with E-state index in [2.05, 4.69) is 10.6 Å². The Labute approximate surface area is 159 Å². The molecule has 3 amide bonds. The first kappa shape index (κ1) is 19.2. The van der Waals surface area contributed by atoms with Crippen molar-refractivity contribution in [1.29, 1.82) is 0 Å². The SMILES string of the molecule is CCOC(=O)N1CCC(NC(=O)C2(C(=O)Nc3cccc(C)c3)CC2)CC1. The minimum Gasteiger partial charge on any atom is -0.450 e. The number of carbonyl (C=O) groups excluding carboxylic acids is 3. The Hall–Kier alpha value is -2.57. The van der Waals surface area contributed by atoms with E-state index in [4.69, 9.17) is 4.74 Å². The molecule has 1 aromatic carbocycles. The monoisotopic (exact) mass is 373 g/mol. The Kier molecular flexibility index (Phi) is 5.68. The van der Waals surface area contributed by atoms with Crippen molar-refractivity contribution < 1.29 is 19.1 Å². The second-order valence-corrected chi connectivity index (χ2v) is 7.34. The fraction of sp³-hybridized carbons (Fsp3) is 0.550. The van der Waals surface area contributed by atoms with E-state index in [9.17, 15) is 14.4 Å². The van der Waals surface area contributed by atoms with E-state index in [0.29, 0.717) is 51.1 Å². The summed E-state index contributed by atoms with van der Waals surface area (Å²) >= 11 is 0. The lowest BCUT2D eigenvalue weighted by molar-refractivity contribution is -0.135. The molecule has 1 aromatic rings. The Morgan fingerprint density at radius 3 is 2.48 bits per heavy atom. The van der Waals surface area contributed by atoms with Crippen LogP contribution < -0.4 is 10.6 Å². The zero-order chi connectivity index (χ0) is 19.4. The molecule has 146 valence electrons. The van der Waals surface area contributed by atoms with E-state index < -0.39 is 5.41 Å². The summed E-state index contributed by atoms with van der Waals surface area (Å²) in [6.07, 6.45) is 2.16. The third-order valence-electron chi connectivity index (χ3n) is 5.25. The van der Waals surface area contributed by atoms with Gasteiger partial charge in [-0.3, -0.25) is 9.59 Å². The van der Waals surface area contributed by atoms with Crippen LogP contribution in [0.2, 0.25) is 0 Å². The second-order valence-electron chi connectivity index (χ2n) is 7.34. The molecule has 0 spiro atoms. The van der Waals surface area contributed by atoms with Crippen LogP contribution in [0.15, 0.2) is 24.3 Å². The summed E-state index contributed by atoms with van der Waals surface area (Å²) in [5, 5.41) is 5.88. The van der Waals surface area contributed by atoms with E-state index in [0.717, 1.165) is 5.56 Å². The van der Waals surface area contributed by atoms with Crippen molar-refractivity contribution in [2.24, 2.45) is 5.41 Å². The average Bonchev–Trinajstić information content (AvgIpc) is 3.44. The molecule has 0 aromatic heterocycles. The summed E-state index contributed by atoms with van der Waals surface area (Å²) in [6.45, 7) is 5.19. The molecule has 1 saturated carbocycles. The van der Waals surface area contributed by atoms with Gasteiger partial charge in [-0.1, -0.05) is 12.1 Å². The summed E-state index contributed by atoms with van der Waals surface area (Å²) in [5.41, 5.74) is 0.805. The molecular formula is C20H27N3O4. The molecule has 0 atom stereocenters. The van der Waals surface area contributed by atoms with Crippen LogP contribution in [0.3, 0.4) is 0 Å². The van der Waals surface area contributed by atoms with Crippen LogP contribution in [-0.4, -0.2) is 48.5 Å². The molecule has 1 saturated heterocycles. The average molecular weight is 373 g/mol. The zero-order valence-electron chi connectivity index (χ0n) is 15.9. The number of anilines is 1. The molecular weight excluding hydrogens is 346 g/mol. The molecule has 7 heteroatoms. The third kappa shape index (κ3) is 4.40. The molecule has 2 N–H and O–H groups in total. The summed E-state index contributed by atoms with van der Waals surface area (Å²) in [5.74, 6) is -0.447. The molecule has 27 heavy (non-hydrogen) atoms. The largest absolute Gasteiger partial charge is 0.450 e. The lowest BCUT2D eigenvalue weighted by atomic mass is 10.0. The molecule has 2 aliphatic rings. The number of rotatable bonds is 5. The van der Waals surface area contributed by atoms with E-state index in [1.807, 2.05) is 31.2 Å². The Bertz CT molecular complexity index is 722. The van der Waals surface area contributed by atoms with Gasteiger partial charge in [-0.25, -0.2) is 4.79 Å². The highest BCUT2D eigenvalue weighted by molar-refractivity contribution is 6.13. The highest BCUT2D eigenvalue weighted by atomic mass is 16.6. The normalized spacial score (nSPS) is 18.5. The van der Waals surface area contributed by atoms with Gasteiger partial charge in [-0.05, 0) is 57.2 Å². The van der Waals surface area contributed by atoms with Gasteiger partial charge in [-0.15, -0.1) is 0 Å². The number of piperidine rings is 1. The number of nitrogens with zero attached hydrogens (tertiary/aromatic N) is 1. The van der Waals surface area contributed by atoms with E-state index in [1.54, 1.807) is 11.8 Å². The number of nitrogens with one attached hydrogen (secondary N) is 2. The predicted molar refractivity (Wildman–Crippen MR) is 101 cm³/mol. The number of hydrogen-bond acceptors (Lipinski definition) is 4. The maximum atomic E-state index is 12.7. The predicted octanol–water partition coefficient (Wildman–Crippen LogP) is 2.45. The van der Waals surface area contributed by atoms with Gasteiger partial charge in [0.25, 0.3) is 0 Å². The molecule has 1 aliphatic heterocycles. The van der Waals surface area contributed by atoms with Gasteiger partial charge in [0.1, 0.15) is 5.41 Å². The van der Waals surface area contributed by atoms with Crippen LogP contribution in [0.5, 0.6) is 0 Å². The lowest BCUT2D eigenvalue weighted by Crippen LogP contribution is -2.50. The fourth-order valence-electron chi connectivity index (χ4n) is 3.40. The summed E-state index contributed by atoms with van der Waals surface area (Å²) in [6, 6.07) is 7.52. The van der Waals surface area contributed by atoms with Gasteiger partial charge in [0.2, 0.25) is 11.8 Å². The van der Waals surface area contributed by atoms with Crippen molar-refractivity contribution in [2.75, 3.05) is 25.0 Å². The molecule has 1 aliphatic carbocycles. The van der Waals surface area contributed by atoms with Crippen LogP contribution >= 0.6 is 0 Å². The topological polar surface area (TPSA) is 87.7 Å². The minimum atomic E-state index is -0.956. The molecule has 0 radical (unpaired) electrons. The molecule has 3 rings (SSSR count). The first-order valence-corrected chi connectivity index (χ1v) is 9.55. The van der Waals surface area contributed by atoms with Gasteiger partial charge in [-0.2, -0.15) is 0 Å². The van der Waals surface area contributed by atoms with Crippen molar-refractivity contribution >= 4 is 23.6 Å². The molecule has 2 fully saturated rings. The summed E-state index contributed by atoms with van der Waals surface area (Å²) in [7, 11) is 0. The van der Waals surface area contributed by atoms with Gasteiger partial charge >= 0.3 is 6.09 Å². The molecule has 0 bridgehead atoms. The number of hydrogen-bond donors (Lipinski definition) is 2. The van der Waals surface area contributed by atoms with Crippen molar-refractivity contribution in [3.05, 3.63) is 29.8 Å². The first-order valence-electron chi connectivity index (χ1n) is 9.55. The van der Waals surface area contributed by atoms with Gasteiger partial charge in [0.15, 0.2) is 0 Å². The van der Waals surface area contributed by atoms with E-state index in [1.165, 1.54) is 0 Å². The highest BCUT2D eigenvalue weighted by Crippen LogP contribution is 2.47. The van der Waals surface area contributed by atoms with Crippen LogP contribution in [-0.2, 0) is 14.3 Å². The number of aryl methyl sites for hydroxylation is 1. The quantitative estimate of drug-likeness (QED) is 0.776. The van der Waals surface area contributed by atoms with Crippen molar-refractivity contribution in [1.82, 2.24) is 10.2 Å². The number of carbonyl (C=O) groups is 3. The minimum absolute atomic E-state index is 0.0209. The van der Waals surface area contributed by atoms with Crippen LogP contribution in [0.1, 0.15) is 38.2 Å². The summed E-state index contributed by atoms with van der Waals surface area (Å²) < 4.78 is 5.01. The fourth-order valence-corrected chi connectivity index (χ4v) is 3.40. The number of ether oxygens (including phenoxy) is 1. The number of likely N-dealkylation sites (tertiary alicyclic amines) is 1. The van der Waals surface area contributed by atoms with Crippen molar-refractivity contribution in [3.63, 3.8) is 0 Å². The second kappa shape index (κ2) is 7.98. The highest BCUT2D eigenvalue weighted by Gasteiger charge is 2.56. The van der Waals surface area contributed by atoms with Crippen molar-refractivity contribution in [2.45, 2.75) is 45.6 Å². The smallest absolute Gasteiger partial charge is 0.409 e. The van der Waals surface area contributed by atoms with Crippen LogP contribution in [0, 0.1) is 12.3 Å². The third-order valence-corrected chi connectivity index (χ3v) is 5.25. The maximum absolute atomic E-state index is 12.7. The number of amides is 3. The Morgan fingerprint density at radius 1 is 1.19 bits per heavy atom. The van der Waals surface area contributed by atoms with Crippen LogP contribution in [0.4, 0.5) is 10.5 Å². The molecule has 7 nitrogen and oxygen atoms in total. The van der Waals surface area contributed by atoms with E-state index in [-0.39, 0.29) is 23.9 Å². The van der Waals surface area contributed by atoms with Gasteiger partial charge < -0.3 is 20.3 Å². The van der Waals surface area contributed by atoms with Crippen molar-refractivity contribution in [3.8, 4) is 0 Å². The summed E-state index contributed by atoms with van der Waals surface area (Å²) in [4.78, 5) is 38.8. The number of benzene rings is 1. The van der Waals surface area contributed by atoms with Gasteiger partial charge in [0, 0.05) is 24.8 Å². The Morgan fingerprint density at radius 2 is 1.89 bits per heavy atom. The Balaban J connectivity index is 1.52. The zero-order valence-corrected chi connectivity index (χ0v) is 15.9. The van der Waals surface area contributed by atoms with E-state index >= 15 is 0 Å². The van der Waals surface area contributed by atoms with Crippen LogP contribution in [0.25, 0.3) is 0 Å². The first-order chi connectivity index (χ1) is 12.9. The maximum Gasteiger partial charge on any atom is 0.409 e. The molecule has 1 heterocycles. The standard InChI is InChI=1S/C20H27N3O4/c1-3-27-19(26)23-11-7-15(8-12-23)21-17(24)20(9-10-20)18(25)22-16-6-4-5-14(2)13-16/h4-6,13,15H,3,7-12H2,1-2H3,(H,21,24)(H,22,25). The van der Waals surface area contributed by atoms with Gasteiger partial charge in [0.05, 0.1) is 6.61 Å². The molecule has 0 unspecified atom stereocenters.